The molecule has 2 rings (SSSR count). The van der Waals surface area contributed by atoms with Crippen LogP contribution in [-0.4, -0.2) is 9.29 Å². The number of aromatic nitrogens is 1. The molecule has 1 aromatic carbocycles. The summed E-state index contributed by atoms with van der Waals surface area (Å²) in [6, 6.07) is 5.42. The van der Waals surface area contributed by atoms with Crippen LogP contribution in [0.5, 0.6) is 0 Å². The Morgan fingerprint density at radius 1 is 1.38 bits per heavy atom. The molecule has 0 bridgehead atoms. The highest BCUT2D eigenvalue weighted by Crippen LogP contribution is 2.21. The van der Waals surface area contributed by atoms with Crippen LogP contribution in [0.3, 0.4) is 0 Å². The molecule has 0 N–H and O–H groups in total. The van der Waals surface area contributed by atoms with Crippen LogP contribution in [0.25, 0.3) is 10.1 Å². The van der Waals surface area contributed by atoms with Crippen molar-refractivity contribution in [2.75, 3.05) is 5.33 Å². The molecule has 2 nitrogen and oxygen atoms in total. The van der Waals surface area contributed by atoms with Crippen LogP contribution in [-0.2, 0) is 6.54 Å². The van der Waals surface area contributed by atoms with E-state index in [-0.39, 0.29) is 5.56 Å². The van der Waals surface area contributed by atoms with E-state index in [2.05, 4.69) is 15.9 Å². The van der Waals surface area contributed by atoms with Gasteiger partial charge in [0.15, 0.2) is 0 Å². The van der Waals surface area contributed by atoms with E-state index < -0.39 is 0 Å². The molecule has 0 unspecified atom stereocenters. The highest BCUT2D eigenvalue weighted by molar-refractivity contribution is 9.09. The summed E-state index contributed by atoms with van der Waals surface area (Å²) in [5.41, 5.74) is 0.103. The van der Waals surface area contributed by atoms with E-state index in [0.717, 1.165) is 34.8 Å². The molecule has 1 aromatic heterocycles. The molecular weight excluding hydrogens is 310 g/mol. The summed E-state index contributed by atoms with van der Waals surface area (Å²) in [4.78, 5) is 12.0. The number of hydrogen-bond donors (Lipinski definition) is 0. The van der Waals surface area contributed by atoms with Crippen LogP contribution in [0.2, 0.25) is 5.02 Å². The Morgan fingerprint density at radius 3 is 2.94 bits per heavy atom. The van der Waals surface area contributed by atoms with Gasteiger partial charge in [0.2, 0.25) is 0 Å². The van der Waals surface area contributed by atoms with Gasteiger partial charge in [-0.2, -0.15) is 0 Å². The number of alkyl halides is 1. The van der Waals surface area contributed by atoms with Crippen LogP contribution in [0, 0.1) is 0 Å². The maximum atomic E-state index is 12.0. The van der Waals surface area contributed by atoms with Gasteiger partial charge in [0, 0.05) is 16.9 Å². The summed E-state index contributed by atoms with van der Waals surface area (Å²) < 4.78 is 2.78. The van der Waals surface area contributed by atoms with Gasteiger partial charge in [-0.15, -0.1) is 0 Å². The number of benzene rings is 1. The molecule has 0 fully saturated rings. The van der Waals surface area contributed by atoms with Gasteiger partial charge >= 0.3 is 0 Å². The fourth-order valence-electron chi connectivity index (χ4n) is 1.54. The summed E-state index contributed by atoms with van der Waals surface area (Å²) in [7, 11) is 0. The zero-order valence-corrected chi connectivity index (χ0v) is 11.7. The monoisotopic (exact) mass is 319 g/mol. The third kappa shape index (κ3) is 2.50. The third-order valence-electron chi connectivity index (χ3n) is 2.35. The van der Waals surface area contributed by atoms with Crippen molar-refractivity contribution in [1.29, 1.82) is 0 Å². The molecule has 0 radical (unpaired) electrons. The van der Waals surface area contributed by atoms with Crippen molar-refractivity contribution in [1.82, 2.24) is 3.96 Å². The highest BCUT2D eigenvalue weighted by Gasteiger charge is 2.07. The summed E-state index contributed by atoms with van der Waals surface area (Å²) >= 11 is 10.8. The third-order valence-corrected chi connectivity index (χ3v) is 4.25. The van der Waals surface area contributed by atoms with E-state index >= 15 is 0 Å². The molecule has 0 aliphatic heterocycles. The van der Waals surface area contributed by atoms with Crippen LogP contribution in [0.15, 0.2) is 23.0 Å². The van der Waals surface area contributed by atoms with Gasteiger partial charge in [0.05, 0.1) is 10.1 Å². The van der Waals surface area contributed by atoms with Crippen molar-refractivity contribution >= 4 is 49.1 Å². The first kappa shape index (κ1) is 12.1. The molecule has 0 saturated carbocycles. The zero-order valence-electron chi connectivity index (χ0n) is 8.58. The molecule has 0 spiro atoms. The Morgan fingerprint density at radius 2 is 2.19 bits per heavy atom. The first-order valence-electron chi connectivity index (χ1n) is 5.07. The van der Waals surface area contributed by atoms with Gasteiger partial charge in [0.25, 0.3) is 5.56 Å². The summed E-state index contributed by atoms with van der Waals surface area (Å²) in [5.74, 6) is 0. The lowest BCUT2D eigenvalue weighted by atomic mass is 10.3. The van der Waals surface area contributed by atoms with Crippen molar-refractivity contribution in [3.63, 3.8) is 0 Å². The van der Waals surface area contributed by atoms with Crippen LogP contribution in [0.1, 0.15) is 12.8 Å². The van der Waals surface area contributed by atoms with Gasteiger partial charge < -0.3 is 0 Å². The highest BCUT2D eigenvalue weighted by atomic mass is 79.9. The van der Waals surface area contributed by atoms with Crippen molar-refractivity contribution in [2.24, 2.45) is 0 Å². The number of hydrogen-bond acceptors (Lipinski definition) is 2. The number of halogens is 2. The van der Waals surface area contributed by atoms with Gasteiger partial charge in [-0.25, -0.2) is 0 Å². The molecule has 0 aliphatic carbocycles. The standard InChI is InChI=1S/C11H11BrClNOS/c12-5-1-2-6-14-11(15)9-4-3-8(13)7-10(9)16-14/h3-4,7H,1-2,5-6H2. The minimum absolute atomic E-state index is 0.103. The lowest BCUT2D eigenvalue weighted by Crippen LogP contribution is -2.12. The fourth-order valence-corrected chi connectivity index (χ4v) is 3.25. The van der Waals surface area contributed by atoms with E-state index in [9.17, 15) is 4.79 Å². The average Bonchev–Trinajstić information content (AvgIpc) is 2.56. The Hall–Kier alpha value is -0.320. The van der Waals surface area contributed by atoms with Crippen LogP contribution < -0.4 is 5.56 Å². The van der Waals surface area contributed by atoms with Gasteiger partial charge in [-0.05, 0) is 31.0 Å². The first-order chi connectivity index (χ1) is 7.72. The second-order valence-corrected chi connectivity index (χ2v) is 5.83. The SMILES string of the molecule is O=c1c2ccc(Cl)cc2sn1CCCCBr. The van der Waals surface area contributed by atoms with E-state index in [1.807, 2.05) is 10.0 Å². The lowest BCUT2D eigenvalue weighted by molar-refractivity contribution is 0.665. The average molecular weight is 321 g/mol. The minimum Gasteiger partial charge on any atom is -0.268 e. The number of aryl methyl sites for hydroxylation is 1. The number of unbranched alkanes of at least 4 members (excludes halogenated alkanes) is 1. The zero-order chi connectivity index (χ0) is 11.5. The molecule has 0 saturated heterocycles. The second-order valence-electron chi connectivity index (χ2n) is 3.54. The quantitative estimate of drug-likeness (QED) is 0.619. The molecule has 1 heterocycles. The van der Waals surface area contributed by atoms with E-state index in [4.69, 9.17) is 11.6 Å². The molecule has 5 heteroatoms. The minimum atomic E-state index is 0.103. The van der Waals surface area contributed by atoms with E-state index in [0.29, 0.717) is 5.02 Å². The predicted molar refractivity (Wildman–Crippen MR) is 74.1 cm³/mol. The maximum Gasteiger partial charge on any atom is 0.268 e. The van der Waals surface area contributed by atoms with Crippen molar-refractivity contribution in [3.8, 4) is 0 Å². The Balaban J connectivity index is 2.33. The molecule has 0 amide bonds. The fraction of sp³-hybridized carbons (Fsp3) is 0.364. The van der Waals surface area contributed by atoms with Gasteiger partial charge in [-0.1, -0.05) is 39.1 Å². The Kier molecular flexibility index (Phi) is 4.05. The van der Waals surface area contributed by atoms with Crippen molar-refractivity contribution in [3.05, 3.63) is 33.6 Å². The van der Waals surface area contributed by atoms with E-state index in [1.54, 1.807) is 12.1 Å². The Labute approximate surface area is 111 Å². The second kappa shape index (κ2) is 5.34. The first-order valence-corrected chi connectivity index (χ1v) is 7.35. The number of nitrogens with zero attached hydrogens (tertiary/aromatic N) is 1. The number of fused-ring (bicyclic) bond motifs is 1. The smallest absolute Gasteiger partial charge is 0.268 e. The normalized spacial score (nSPS) is 11.1. The summed E-state index contributed by atoms with van der Waals surface area (Å²) in [6.45, 7) is 0.793. The van der Waals surface area contributed by atoms with Crippen molar-refractivity contribution in [2.45, 2.75) is 19.4 Å². The topological polar surface area (TPSA) is 22.0 Å². The molecular formula is C11H11BrClNOS. The van der Waals surface area contributed by atoms with Crippen molar-refractivity contribution < 1.29 is 0 Å². The summed E-state index contributed by atoms with van der Waals surface area (Å²) in [6.07, 6.45) is 2.10. The molecule has 0 aliphatic rings. The molecule has 16 heavy (non-hydrogen) atoms. The predicted octanol–water partition coefficient (Wildman–Crippen LogP) is 3.89. The molecule has 2 aromatic rings. The number of rotatable bonds is 4. The molecule has 0 atom stereocenters. The van der Waals surface area contributed by atoms with Gasteiger partial charge in [0.1, 0.15) is 0 Å². The summed E-state index contributed by atoms with van der Waals surface area (Å²) in [5, 5.41) is 2.44. The maximum absolute atomic E-state index is 12.0. The molecule has 86 valence electrons. The van der Waals surface area contributed by atoms with Crippen LogP contribution >= 0.6 is 39.1 Å². The Bertz CT molecular complexity index is 548. The largest absolute Gasteiger partial charge is 0.268 e. The van der Waals surface area contributed by atoms with Gasteiger partial charge in [-0.3, -0.25) is 8.75 Å². The lowest BCUT2D eigenvalue weighted by Gasteiger charge is -1.97. The van der Waals surface area contributed by atoms with E-state index in [1.165, 1.54) is 11.5 Å². The van der Waals surface area contributed by atoms with Crippen LogP contribution in [0.4, 0.5) is 0 Å².